The fraction of sp³-hybridized carbons (Fsp3) is 0.500. The zero-order valence-electron chi connectivity index (χ0n) is 11.2. The Morgan fingerprint density at radius 1 is 1.44 bits per heavy atom. The third-order valence-electron chi connectivity index (χ3n) is 3.16. The molecule has 0 aliphatic heterocycles. The van der Waals surface area contributed by atoms with Crippen molar-refractivity contribution < 1.29 is 14.6 Å². The van der Waals surface area contributed by atoms with Crippen LogP contribution in [-0.4, -0.2) is 18.2 Å². The van der Waals surface area contributed by atoms with Crippen LogP contribution < -0.4 is 4.74 Å². The lowest BCUT2D eigenvalue weighted by atomic mass is 9.86. The molecule has 1 rings (SSSR count). The summed E-state index contributed by atoms with van der Waals surface area (Å²) in [6.45, 7) is 5.35. The van der Waals surface area contributed by atoms with Crippen LogP contribution in [0.3, 0.4) is 0 Å². The second-order valence-corrected chi connectivity index (χ2v) is 5.51. The highest BCUT2D eigenvalue weighted by atomic mass is 35.5. The Morgan fingerprint density at radius 3 is 2.56 bits per heavy atom. The van der Waals surface area contributed by atoms with Crippen molar-refractivity contribution >= 4 is 17.6 Å². The zero-order valence-corrected chi connectivity index (χ0v) is 12.0. The van der Waals surface area contributed by atoms with Gasteiger partial charge in [-0.2, -0.15) is 0 Å². The molecule has 18 heavy (non-hydrogen) atoms. The molecule has 0 saturated heterocycles. The Labute approximate surface area is 113 Å². The fourth-order valence-electron chi connectivity index (χ4n) is 1.64. The maximum atomic E-state index is 11.1. The molecule has 1 aromatic rings. The van der Waals surface area contributed by atoms with Crippen molar-refractivity contribution in [3.63, 3.8) is 0 Å². The lowest BCUT2D eigenvalue weighted by Crippen LogP contribution is -2.24. The third kappa shape index (κ3) is 3.39. The van der Waals surface area contributed by atoms with E-state index < -0.39 is 11.4 Å². The lowest BCUT2D eigenvalue weighted by Gasteiger charge is -2.20. The molecule has 0 saturated carbocycles. The molecular formula is C14H19ClO3. The molecule has 0 heterocycles. The quantitative estimate of drug-likeness (QED) is 0.887. The van der Waals surface area contributed by atoms with Gasteiger partial charge in [-0.15, -0.1) is 0 Å². The summed E-state index contributed by atoms with van der Waals surface area (Å²) in [6, 6.07) is 3.74. The summed E-state index contributed by atoms with van der Waals surface area (Å²) >= 11 is 6.08. The maximum absolute atomic E-state index is 11.1. The highest BCUT2D eigenvalue weighted by molar-refractivity contribution is 6.31. The zero-order chi connectivity index (χ0) is 13.9. The van der Waals surface area contributed by atoms with Gasteiger partial charge in [0, 0.05) is 5.02 Å². The fourth-order valence-corrected chi connectivity index (χ4v) is 1.82. The Kier molecular flexibility index (Phi) is 4.63. The number of ether oxygens (including phenoxy) is 1. The summed E-state index contributed by atoms with van der Waals surface area (Å²) in [5, 5.41) is 9.77. The van der Waals surface area contributed by atoms with Gasteiger partial charge in [0.05, 0.1) is 12.5 Å². The maximum Gasteiger partial charge on any atom is 0.309 e. The number of carboxylic acid groups (broad SMARTS) is 1. The van der Waals surface area contributed by atoms with Crippen LogP contribution in [0.15, 0.2) is 12.1 Å². The van der Waals surface area contributed by atoms with Gasteiger partial charge < -0.3 is 9.84 Å². The molecule has 0 atom stereocenters. The summed E-state index contributed by atoms with van der Waals surface area (Å²) in [5.74, 6) is -0.0298. The topological polar surface area (TPSA) is 46.5 Å². The van der Waals surface area contributed by atoms with Crippen molar-refractivity contribution in [2.75, 3.05) is 7.11 Å². The van der Waals surface area contributed by atoms with Crippen molar-refractivity contribution in [1.29, 1.82) is 0 Å². The van der Waals surface area contributed by atoms with Gasteiger partial charge in [-0.1, -0.05) is 11.6 Å². The highest BCUT2D eigenvalue weighted by Gasteiger charge is 2.27. The largest absolute Gasteiger partial charge is 0.496 e. The monoisotopic (exact) mass is 270 g/mol. The number of aliphatic carboxylic acids is 1. The van der Waals surface area contributed by atoms with Crippen LogP contribution in [0.25, 0.3) is 0 Å². The molecule has 0 spiro atoms. The molecule has 100 valence electrons. The Bertz CT molecular complexity index is 453. The van der Waals surface area contributed by atoms with Crippen LogP contribution in [0.5, 0.6) is 5.75 Å². The first-order chi connectivity index (χ1) is 8.27. The summed E-state index contributed by atoms with van der Waals surface area (Å²) in [6.07, 6.45) is 1.17. The highest BCUT2D eigenvalue weighted by Crippen LogP contribution is 2.30. The molecular weight excluding hydrogens is 252 g/mol. The molecule has 0 aliphatic rings. The van der Waals surface area contributed by atoms with Crippen molar-refractivity contribution in [2.24, 2.45) is 5.41 Å². The Balaban J connectivity index is 2.91. The Hall–Kier alpha value is -1.22. The van der Waals surface area contributed by atoms with Crippen LogP contribution >= 0.6 is 11.6 Å². The van der Waals surface area contributed by atoms with E-state index in [1.165, 1.54) is 0 Å². The van der Waals surface area contributed by atoms with Crippen molar-refractivity contribution in [3.8, 4) is 5.75 Å². The van der Waals surface area contributed by atoms with E-state index in [1.807, 2.05) is 19.1 Å². The van der Waals surface area contributed by atoms with E-state index in [4.69, 9.17) is 21.4 Å². The van der Waals surface area contributed by atoms with Gasteiger partial charge in [0.2, 0.25) is 0 Å². The van der Waals surface area contributed by atoms with Crippen LogP contribution in [0.1, 0.15) is 31.4 Å². The number of halogens is 1. The van der Waals surface area contributed by atoms with Crippen LogP contribution in [0.4, 0.5) is 0 Å². The number of aryl methyl sites for hydroxylation is 2. The minimum absolute atomic E-state index is 0.540. The minimum atomic E-state index is -0.792. The molecule has 0 radical (unpaired) electrons. The number of hydrogen-bond donors (Lipinski definition) is 1. The van der Waals surface area contributed by atoms with Gasteiger partial charge in [-0.05, 0) is 56.9 Å². The van der Waals surface area contributed by atoms with Gasteiger partial charge in [0.1, 0.15) is 5.75 Å². The van der Waals surface area contributed by atoms with E-state index in [-0.39, 0.29) is 0 Å². The van der Waals surface area contributed by atoms with Gasteiger partial charge in [0.25, 0.3) is 0 Å². The number of methoxy groups -OCH3 is 1. The first-order valence-electron chi connectivity index (χ1n) is 5.84. The first kappa shape index (κ1) is 14.8. The molecule has 0 unspecified atom stereocenters. The summed E-state index contributed by atoms with van der Waals surface area (Å²) < 4.78 is 5.30. The molecule has 1 aromatic carbocycles. The van der Waals surface area contributed by atoms with Crippen molar-refractivity contribution in [1.82, 2.24) is 0 Å². The smallest absolute Gasteiger partial charge is 0.309 e. The predicted molar refractivity (Wildman–Crippen MR) is 72.5 cm³/mol. The molecule has 1 N–H and O–H groups in total. The normalized spacial score (nSPS) is 11.4. The summed E-state index contributed by atoms with van der Waals surface area (Å²) in [4.78, 5) is 11.1. The summed E-state index contributed by atoms with van der Waals surface area (Å²) in [5.41, 5.74) is 1.15. The molecule has 3 nitrogen and oxygen atoms in total. The van der Waals surface area contributed by atoms with E-state index in [0.29, 0.717) is 17.9 Å². The molecule has 4 heteroatoms. The first-order valence-corrected chi connectivity index (χ1v) is 6.22. The van der Waals surface area contributed by atoms with Crippen molar-refractivity contribution in [3.05, 3.63) is 28.3 Å². The van der Waals surface area contributed by atoms with Gasteiger partial charge in [-0.3, -0.25) is 4.79 Å². The predicted octanol–water partition coefficient (Wildman–Crippen LogP) is 3.70. The molecule has 0 aromatic heterocycles. The third-order valence-corrected chi connectivity index (χ3v) is 3.57. The Morgan fingerprint density at radius 2 is 2.06 bits per heavy atom. The average molecular weight is 271 g/mol. The van der Waals surface area contributed by atoms with E-state index in [1.54, 1.807) is 21.0 Å². The van der Waals surface area contributed by atoms with E-state index >= 15 is 0 Å². The number of carbonyl (C=O) groups is 1. The number of benzene rings is 1. The summed E-state index contributed by atoms with van der Waals surface area (Å²) in [7, 11) is 1.61. The lowest BCUT2D eigenvalue weighted by molar-refractivity contribution is -0.147. The molecule has 0 aliphatic carbocycles. The average Bonchev–Trinajstić information content (AvgIpc) is 2.30. The standard InChI is InChI=1S/C14H19ClO3/c1-9-7-12(18-4)10(8-11(9)15)5-6-14(2,3)13(16)17/h7-8H,5-6H2,1-4H3,(H,16,17). The molecule has 0 amide bonds. The number of rotatable bonds is 5. The van der Waals surface area contributed by atoms with Crippen LogP contribution in [0.2, 0.25) is 5.02 Å². The van der Waals surface area contributed by atoms with Crippen LogP contribution in [-0.2, 0) is 11.2 Å². The minimum Gasteiger partial charge on any atom is -0.496 e. The molecule has 0 fully saturated rings. The van der Waals surface area contributed by atoms with Gasteiger partial charge in [-0.25, -0.2) is 0 Å². The van der Waals surface area contributed by atoms with Gasteiger partial charge >= 0.3 is 5.97 Å². The number of carboxylic acids is 1. The molecule has 0 bridgehead atoms. The van der Waals surface area contributed by atoms with E-state index in [2.05, 4.69) is 0 Å². The van der Waals surface area contributed by atoms with E-state index in [0.717, 1.165) is 16.9 Å². The van der Waals surface area contributed by atoms with Crippen molar-refractivity contribution in [2.45, 2.75) is 33.6 Å². The second kappa shape index (κ2) is 5.61. The SMILES string of the molecule is COc1cc(C)c(Cl)cc1CCC(C)(C)C(=O)O. The van der Waals surface area contributed by atoms with Gasteiger partial charge in [0.15, 0.2) is 0 Å². The number of hydrogen-bond acceptors (Lipinski definition) is 2. The second-order valence-electron chi connectivity index (χ2n) is 5.10. The van der Waals surface area contributed by atoms with E-state index in [9.17, 15) is 4.79 Å². The van der Waals surface area contributed by atoms with Crippen LogP contribution in [0, 0.1) is 12.3 Å².